The minimum absolute atomic E-state index is 0.0896. The average molecular weight is 468 g/mol. The predicted octanol–water partition coefficient (Wildman–Crippen LogP) is 5.89. The van der Waals surface area contributed by atoms with Gasteiger partial charge in [-0.25, -0.2) is 0 Å². The van der Waals surface area contributed by atoms with Gasteiger partial charge in [-0.05, 0) is 52.1 Å². The van der Waals surface area contributed by atoms with E-state index >= 15 is 0 Å². The second-order valence-corrected chi connectivity index (χ2v) is 8.93. The first-order chi connectivity index (χ1) is 16.0. The zero-order chi connectivity index (χ0) is 24.6. The molecule has 0 aromatic heterocycles. The summed E-state index contributed by atoms with van der Waals surface area (Å²) in [6, 6.07) is 0. The van der Waals surface area contributed by atoms with Gasteiger partial charge in [0, 0.05) is 6.54 Å². The number of aliphatic carboxylic acids is 1. The summed E-state index contributed by atoms with van der Waals surface area (Å²) in [4.78, 5) is 23.8. The zero-order valence-electron chi connectivity index (χ0n) is 21.2. The Morgan fingerprint density at radius 1 is 0.848 bits per heavy atom. The monoisotopic (exact) mass is 467 g/mol. The molecule has 192 valence electrons. The zero-order valence-corrected chi connectivity index (χ0v) is 21.2. The molecule has 0 amide bonds. The van der Waals surface area contributed by atoms with Crippen LogP contribution >= 0.6 is 0 Å². The molecule has 0 rings (SSSR count). The second-order valence-electron chi connectivity index (χ2n) is 8.93. The summed E-state index contributed by atoms with van der Waals surface area (Å²) in [5.74, 6) is -1.61. The van der Waals surface area contributed by atoms with Crippen LogP contribution in [0.4, 0.5) is 0 Å². The molecule has 0 saturated carbocycles. The van der Waals surface area contributed by atoms with E-state index in [9.17, 15) is 14.7 Å². The van der Waals surface area contributed by atoms with E-state index < -0.39 is 18.0 Å². The maximum absolute atomic E-state index is 11.4. The van der Waals surface area contributed by atoms with Crippen molar-refractivity contribution in [2.45, 2.75) is 109 Å². The van der Waals surface area contributed by atoms with Gasteiger partial charge in [0.25, 0.3) is 0 Å². The summed E-state index contributed by atoms with van der Waals surface area (Å²) in [7, 11) is 1.95. The third kappa shape index (κ3) is 24.8. The van der Waals surface area contributed by atoms with Crippen LogP contribution in [0.2, 0.25) is 0 Å². The molecular weight excluding hydrogens is 418 g/mol. The lowest BCUT2D eigenvalue weighted by atomic mass is 10.1. The predicted molar refractivity (Wildman–Crippen MR) is 135 cm³/mol. The van der Waals surface area contributed by atoms with Gasteiger partial charge in [0.1, 0.15) is 12.7 Å². The van der Waals surface area contributed by atoms with Crippen LogP contribution in [-0.2, 0) is 14.3 Å². The molecule has 0 bridgehead atoms. The van der Waals surface area contributed by atoms with Crippen LogP contribution in [0.25, 0.3) is 0 Å². The van der Waals surface area contributed by atoms with Crippen molar-refractivity contribution in [2.24, 2.45) is 0 Å². The highest BCUT2D eigenvalue weighted by Crippen LogP contribution is 2.10. The molecule has 1 unspecified atom stereocenters. The number of unbranched alkanes of at least 4 members (excludes halogenated alkanes) is 10. The number of carbonyl (C=O) groups excluding carboxylic acids is 1. The molecule has 0 saturated heterocycles. The molecule has 0 aromatic carbocycles. The molecule has 0 aromatic rings. The first-order valence-electron chi connectivity index (χ1n) is 13.0. The van der Waals surface area contributed by atoms with E-state index in [2.05, 4.69) is 31.2 Å². The highest BCUT2D eigenvalue weighted by molar-refractivity contribution is 5.76. The van der Waals surface area contributed by atoms with Crippen molar-refractivity contribution in [3.8, 4) is 0 Å². The number of nitrogens with zero attached hydrogens (tertiary/aromatic N) is 1. The first-order valence-corrected chi connectivity index (χ1v) is 13.0. The smallest absolute Gasteiger partial charge is 0.306 e. The van der Waals surface area contributed by atoms with Gasteiger partial charge in [0.2, 0.25) is 0 Å². The van der Waals surface area contributed by atoms with E-state index in [0.29, 0.717) is 6.54 Å². The highest BCUT2D eigenvalue weighted by atomic mass is 16.5. The number of carboxylic acid groups (broad SMARTS) is 1. The molecule has 0 fully saturated rings. The number of likely N-dealkylation sites (N-methyl/N-ethyl adjacent to an activating group) is 1. The Morgan fingerprint density at radius 2 is 1.42 bits per heavy atom. The van der Waals surface area contributed by atoms with Gasteiger partial charge in [-0.2, -0.15) is 0 Å². The molecule has 33 heavy (non-hydrogen) atoms. The molecule has 2 N–H and O–H groups in total. The maximum Gasteiger partial charge on any atom is 0.306 e. The van der Waals surface area contributed by atoms with Crippen LogP contribution in [0.1, 0.15) is 103 Å². The number of esters is 1. The van der Waals surface area contributed by atoms with Crippen molar-refractivity contribution in [1.82, 2.24) is 4.90 Å². The lowest BCUT2D eigenvalue weighted by molar-refractivity contribution is -0.150. The SMILES string of the molecule is CCCCC/C=C\C/C=C\CCCCCCCCCN(C)CC(O)COC(=O)CCC(=O)O. The van der Waals surface area contributed by atoms with Gasteiger partial charge in [-0.15, -0.1) is 0 Å². The second kappa shape index (κ2) is 23.5. The van der Waals surface area contributed by atoms with Gasteiger partial charge in [0.05, 0.1) is 12.8 Å². The van der Waals surface area contributed by atoms with Crippen molar-refractivity contribution >= 4 is 11.9 Å². The van der Waals surface area contributed by atoms with E-state index in [1.54, 1.807) is 0 Å². The van der Waals surface area contributed by atoms with Crippen LogP contribution in [0.3, 0.4) is 0 Å². The lowest BCUT2D eigenvalue weighted by Gasteiger charge is -2.20. The van der Waals surface area contributed by atoms with Crippen LogP contribution in [-0.4, -0.2) is 59.9 Å². The number of hydrogen-bond acceptors (Lipinski definition) is 5. The summed E-state index contributed by atoms with van der Waals surface area (Å²) in [6.45, 7) is 3.49. The minimum atomic E-state index is -1.03. The Labute approximate surface area is 202 Å². The Kier molecular flexibility index (Phi) is 22.3. The molecular formula is C27H49NO5. The van der Waals surface area contributed by atoms with Crippen molar-refractivity contribution in [3.63, 3.8) is 0 Å². The number of hydrogen-bond donors (Lipinski definition) is 2. The van der Waals surface area contributed by atoms with E-state index in [0.717, 1.165) is 19.4 Å². The van der Waals surface area contributed by atoms with Crippen LogP contribution in [0.15, 0.2) is 24.3 Å². The fourth-order valence-corrected chi connectivity index (χ4v) is 3.52. The van der Waals surface area contributed by atoms with E-state index in [4.69, 9.17) is 9.84 Å². The number of aliphatic hydroxyl groups excluding tert-OH is 1. The van der Waals surface area contributed by atoms with E-state index in [1.807, 2.05) is 11.9 Å². The van der Waals surface area contributed by atoms with Crippen molar-refractivity contribution in [2.75, 3.05) is 26.7 Å². The lowest BCUT2D eigenvalue weighted by Crippen LogP contribution is -2.33. The molecule has 0 aliphatic rings. The van der Waals surface area contributed by atoms with Crippen LogP contribution < -0.4 is 0 Å². The third-order valence-electron chi connectivity index (χ3n) is 5.49. The quantitative estimate of drug-likeness (QED) is 0.111. The van der Waals surface area contributed by atoms with Gasteiger partial charge in [-0.1, -0.05) is 76.2 Å². The van der Waals surface area contributed by atoms with Crippen molar-refractivity contribution in [3.05, 3.63) is 24.3 Å². The number of carboxylic acids is 1. The largest absolute Gasteiger partial charge is 0.481 e. The standard InChI is InChI=1S/C27H49NO5/c1-3-4-5-6-7-8-9-10-11-12-13-14-15-16-17-18-19-22-28(2)23-25(29)24-33-27(32)21-20-26(30)31/h7-8,10-11,25,29H,3-6,9,12-24H2,1-2H3,(H,30,31)/b8-7-,11-10-. The first kappa shape index (κ1) is 31.3. The Bertz CT molecular complexity index is 533. The number of rotatable bonds is 23. The van der Waals surface area contributed by atoms with Gasteiger partial charge >= 0.3 is 11.9 Å². The summed E-state index contributed by atoms with van der Waals surface area (Å²) < 4.78 is 4.91. The van der Waals surface area contributed by atoms with Crippen LogP contribution in [0.5, 0.6) is 0 Å². The highest BCUT2D eigenvalue weighted by Gasteiger charge is 2.12. The molecule has 1 atom stereocenters. The topological polar surface area (TPSA) is 87.1 Å². The molecule has 0 aliphatic carbocycles. The molecule has 0 aliphatic heterocycles. The summed E-state index contributed by atoms with van der Waals surface area (Å²) >= 11 is 0. The van der Waals surface area contributed by atoms with Crippen molar-refractivity contribution in [1.29, 1.82) is 0 Å². The number of aliphatic hydroxyl groups is 1. The summed E-state index contributed by atoms with van der Waals surface area (Å²) in [5.41, 5.74) is 0. The van der Waals surface area contributed by atoms with E-state index in [-0.39, 0.29) is 19.4 Å². The molecule has 6 nitrogen and oxygen atoms in total. The van der Waals surface area contributed by atoms with Gasteiger partial charge in [-0.3, -0.25) is 9.59 Å². The van der Waals surface area contributed by atoms with E-state index in [1.165, 1.54) is 70.6 Å². The number of ether oxygens (including phenoxy) is 1. The summed E-state index contributed by atoms with van der Waals surface area (Å²) in [5, 5.41) is 18.5. The normalized spacial score (nSPS) is 12.7. The van der Waals surface area contributed by atoms with Gasteiger partial charge in [0.15, 0.2) is 0 Å². The molecule has 6 heteroatoms. The van der Waals surface area contributed by atoms with Crippen LogP contribution in [0, 0.1) is 0 Å². The average Bonchev–Trinajstić information content (AvgIpc) is 2.78. The number of allylic oxidation sites excluding steroid dienone is 4. The number of carbonyl (C=O) groups is 2. The fourth-order valence-electron chi connectivity index (χ4n) is 3.52. The maximum atomic E-state index is 11.4. The third-order valence-corrected chi connectivity index (χ3v) is 5.49. The van der Waals surface area contributed by atoms with Crippen molar-refractivity contribution < 1.29 is 24.5 Å². The summed E-state index contributed by atoms with van der Waals surface area (Å²) in [6.07, 6.45) is 24.1. The Balaban J connectivity index is 3.45. The minimum Gasteiger partial charge on any atom is -0.481 e. The molecule has 0 heterocycles. The fraction of sp³-hybridized carbons (Fsp3) is 0.778. The Hall–Kier alpha value is -1.66. The Morgan fingerprint density at radius 3 is 2.03 bits per heavy atom. The molecule has 0 spiro atoms. The molecule has 0 radical (unpaired) electrons. The van der Waals surface area contributed by atoms with Gasteiger partial charge < -0.3 is 19.8 Å².